The number of halogens is 3. The van der Waals surface area contributed by atoms with Gasteiger partial charge in [-0.2, -0.15) is 8.42 Å². The Bertz CT molecular complexity index is 1730. The van der Waals surface area contributed by atoms with E-state index in [1.54, 1.807) is 6.07 Å². The number of carbonyl (C=O) groups is 1. The fraction of sp³-hybridized carbons (Fsp3) is 0.467. The number of amides is 1. The van der Waals surface area contributed by atoms with Gasteiger partial charge in [-0.3, -0.25) is 9.35 Å². The lowest BCUT2D eigenvalue weighted by atomic mass is 9.93. The van der Waals surface area contributed by atoms with Gasteiger partial charge in [-0.05, 0) is 61.4 Å². The molecule has 2 aromatic carbocycles. The number of hydrogen-bond acceptors (Lipinski definition) is 9. The second kappa shape index (κ2) is 11.5. The Balaban J connectivity index is 1.35. The number of pyridine rings is 1. The highest BCUT2D eigenvalue weighted by atomic mass is 32.2. The first kappa shape index (κ1) is 31.2. The molecule has 1 saturated carbocycles. The van der Waals surface area contributed by atoms with Crippen molar-refractivity contribution in [2.75, 3.05) is 53.2 Å². The average molecular weight is 650 g/mol. The van der Waals surface area contributed by atoms with Crippen LogP contribution < -0.4 is 20.4 Å². The summed E-state index contributed by atoms with van der Waals surface area (Å²) in [6, 6.07) is 8.58. The smallest absolute Gasteiger partial charge is 0.288 e. The van der Waals surface area contributed by atoms with Gasteiger partial charge in [-0.1, -0.05) is 0 Å². The molecule has 3 heterocycles. The molecular weight excluding hydrogens is 615 g/mol. The van der Waals surface area contributed by atoms with Crippen molar-refractivity contribution in [1.82, 2.24) is 4.98 Å². The van der Waals surface area contributed by atoms with Crippen LogP contribution in [0.15, 0.2) is 36.4 Å². The van der Waals surface area contributed by atoms with Crippen LogP contribution in [0.5, 0.6) is 5.88 Å². The van der Waals surface area contributed by atoms with E-state index < -0.39 is 52.6 Å². The van der Waals surface area contributed by atoms with Gasteiger partial charge in [0.15, 0.2) is 11.2 Å². The van der Waals surface area contributed by atoms with E-state index in [1.165, 1.54) is 35.2 Å². The van der Waals surface area contributed by atoms with Gasteiger partial charge in [0.2, 0.25) is 5.88 Å². The molecule has 1 aromatic heterocycles. The summed E-state index contributed by atoms with van der Waals surface area (Å²) >= 11 is 0. The van der Waals surface area contributed by atoms with Crippen LogP contribution in [-0.4, -0.2) is 78.2 Å². The quantitative estimate of drug-likeness (QED) is 0.219. The molecule has 1 spiro atoms. The van der Waals surface area contributed by atoms with Crippen LogP contribution in [0.25, 0.3) is 10.9 Å². The van der Waals surface area contributed by atoms with Crippen LogP contribution >= 0.6 is 0 Å². The maximum Gasteiger partial charge on any atom is 0.288 e. The number of nitrogens with zero attached hydrogens (tertiary/aromatic N) is 3. The molecule has 0 bridgehead atoms. The van der Waals surface area contributed by atoms with Crippen LogP contribution in [0.1, 0.15) is 48.9 Å². The Morgan fingerprint density at radius 2 is 1.64 bits per heavy atom. The minimum Gasteiger partial charge on any atom is -0.493 e. The van der Waals surface area contributed by atoms with Crippen LogP contribution in [0.2, 0.25) is 0 Å². The van der Waals surface area contributed by atoms with Gasteiger partial charge in [0, 0.05) is 56.2 Å². The monoisotopic (exact) mass is 649 g/mol. The molecule has 15 heteroatoms. The van der Waals surface area contributed by atoms with Gasteiger partial charge in [-0.15, -0.1) is 0 Å². The third kappa shape index (κ3) is 6.47. The zero-order valence-electron chi connectivity index (χ0n) is 24.3. The SMILES string of the molecule is O=C(Nc1cc2ccc(O)nc2c(N2CCC(F)(F)CC2)c1F)c1ccc(NC(CO)S(=O)(=O)O)cc1N1CCC2(CC1)CC2. The second-order valence-corrected chi connectivity index (χ2v) is 13.8. The highest BCUT2D eigenvalue weighted by Crippen LogP contribution is 2.54. The summed E-state index contributed by atoms with van der Waals surface area (Å²) in [5.74, 6) is -4.80. The first-order valence-electron chi connectivity index (χ1n) is 14.8. The number of piperidine rings is 2. The fourth-order valence-corrected chi connectivity index (χ4v) is 6.69. The van der Waals surface area contributed by atoms with Gasteiger partial charge in [-0.25, -0.2) is 18.2 Å². The zero-order chi connectivity index (χ0) is 32.1. The summed E-state index contributed by atoms with van der Waals surface area (Å²) < 4.78 is 76.9. The lowest BCUT2D eigenvalue weighted by Gasteiger charge is -2.35. The molecule has 3 fully saturated rings. The van der Waals surface area contributed by atoms with Crippen molar-refractivity contribution < 1.29 is 41.1 Å². The number of carbonyl (C=O) groups excluding carboxylic acids is 1. The maximum atomic E-state index is 16.2. The van der Waals surface area contributed by atoms with E-state index in [4.69, 9.17) is 0 Å². The molecule has 1 aliphatic carbocycles. The molecule has 6 rings (SSSR count). The standard InChI is InChI=1S/C30H34F3N5O6S/c31-25-21(15-18-1-4-23(40)36-26(18)27(25)38-13-9-30(32,33)10-14-38)35-28(41)20-3-2-19(34-24(17-39)45(42,43)44)16-22(20)37-11-7-29(5-6-29)8-12-37/h1-4,15-16,24,34,39H,5-14,17H2,(H,35,41)(H,36,40)(H,42,43,44). The molecule has 1 atom stereocenters. The third-order valence-corrected chi connectivity index (χ3v) is 10.1. The Kier molecular flexibility index (Phi) is 7.98. The van der Waals surface area contributed by atoms with Crippen molar-refractivity contribution in [3.8, 4) is 5.88 Å². The molecule has 3 aromatic rings. The normalized spacial score (nSPS) is 19.8. The van der Waals surface area contributed by atoms with E-state index in [0.717, 1.165) is 25.7 Å². The summed E-state index contributed by atoms with van der Waals surface area (Å²) in [5.41, 5.74) is 0.937. The van der Waals surface area contributed by atoms with E-state index in [0.29, 0.717) is 29.6 Å². The third-order valence-electron chi connectivity index (χ3n) is 9.16. The van der Waals surface area contributed by atoms with Gasteiger partial charge in [0.25, 0.3) is 21.9 Å². The lowest BCUT2D eigenvalue weighted by Crippen LogP contribution is -2.40. The molecule has 2 aliphatic heterocycles. The van der Waals surface area contributed by atoms with Gasteiger partial charge < -0.3 is 30.6 Å². The fourth-order valence-electron chi connectivity index (χ4n) is 6.22. The number of rotatable bonds is 8. The molecule has 5 N–H and O–H groups in total. The molecule has 3 aliphatic rings. The Morgan fingerprint density at radius 1 is 0.978 bits per heavy atom. The van der Waals surface area contributed by atoms with Crippen molar-refractivity contribution in [2.24, 2.45) is 5.41 Å². The molecular formula is C30H34F3N5O6S. The maximum absolute atomic E-state index is 16.2. The number of aromatic hydroxyl groups is 1. The number of aliphatic hydroxyl groups excluding tert-OH is 1. The largest absolute Gasteiger partial charge is 0.493 e. The minimum atomic E-state index is -4.63. The van der Waals surface area contributed by atoms with Crippen molar-refractivity contribution >= 4 is 49.7 Å². The van der Waals surface area contributed by atoms with Crippen LogP contribution in [0.3, 0.4) is 0 Å². The first-order valence-corrected chi connectivity index (χ1v) is 16.3. The number of fused-ring (bicyclic) bond motifs is 1. The van der Waals surface area contributed by atoms with Gasteiger partial charge in [0.1, 0.15) is 11.2 Å². The van der Waals surface area contributed by atoms with E-state index in [1.807, 2.05) is 4.90 Å². The van der Waals surface area contributed by atoms with Gasteiger partial charge in [0.05, 0.1) is 23.5 Å². The summed E-state index contributed by atoms with van der Waals surface area (Å²) in [6.45, 7) is 0.0688. The number of benzene rings is 2. The Morgan fingerprint density at radius 3 is 2.27 bits per heavy atom. The predicted molar refractivity (Wildman–Crippen MR) is 163 cm³/mol. The molecule has 45 heavy (non-hydrogen) atoms. The van der Waals surface area contributed by atoms with Gasteiger partial charge >= 0.3 is 0 Å². The lowest BCUT2D eigenvalue weighted by molar-refractivity contribution is -0.0221. The highest BCUT2D eigenvalue weighted by molar-refractivity contribution is 7.86. The van der Waals surface area contributed by atoms with Crippen LogP contribution in [0, 0.1) is 11.2 Å². The number of alkyl halides is 2. The van der Waals surface area contributed by atoms with E-state index in [2.05, 4.69) is 15.6 Å². The predicted octanol–water partition coefficient (Wildman–Crippen LogP) is 4.57. The summed E-state index contributed by atoms with van der Waals surface area (Å²) in [5, 5.41) is 23.4. The van der Waals surface area contributed by atoms with E-state index in [9.17, 15) is 36.8 Å². The second-order valence-electron chi connectivity index (χ2n) is 12.2. The Labute approximate surface area is 257 Å². The van der Waals surface area contributed by atoms with Crippen molar-refractivity contribution in [2.45, 2.75) is 49.8 Å². The zero-order valence-corrected chi connectivity index (χ0v) is 25.1. The van der Waals surface area contributed by atoms with E-state index in [-0.39, 0.29) is 47.1 Å². The van der Waals surface area contributed by atoms with Crippen molar-refractivity contribution in [1.29, 1.82) is 0 Å². The summed E-state index contributed by atoms with van der Waals surface area (Å²) in [7, 11) is -4.63. The summed E-state index contributed by atoms with van der Waals surface area (Å²) in [4.78, 5) is 21.3. The average Bonchev–Trinajstić information content (AvgIpc) is 3.75. The number of aromatic nitrogens is 1. The Hall–Kier alpha value is -3.82. The van der Waals surface area contributed by atoms with Crippen LogP contribution in [-0.2, 0) is 10.1 Å². The van der Waals surface area contributed by atoms with E-state index >= 15 is 4.39 Å². The van der Waals surface area contributed by atoms with Crippen molar-refractivity contribution in [3.05, 3.63) is 47.8 Å². The highest BCUT2D eigenvalue weighted by Gasteiger charge is 2.45. The summed E-state index contributed by atoms with van der Waals surface area (Å²) in [6.07, 6.45) is 3.14. The molecule has 1 unspecified atom stereocenters. The number of nitrogens with one attached hydrogen (secondary N) is 2. The number of anilines is 4. The van der Waals surface area contributed by atoms with Crippen molar-refractivity contribution in [3.63, 3.8) is 0 Å². The van der Waals surface area contributed by atoms with Crippen LogP contribution in [0.4, 0.5) is 35.9 Å². The number of hydrogen-bond donors (Lipinski definition) is 5. The topological polar surface area (TPSA) is 155 Å². The first-order chi connectivity index (χ1) is 21.3. The molecule has 0 radical (unpaired) electrons. The molecule has 2 saturated heterocycles. The molecule has 242 valence electrons. The molecule has 1 amide bonds. The number of aliphatic hydroxyl groups is 1. The molecule has 11 nitrogen and oxygen atoms in total. The minimum absolute atomic E-state index is 0.0754.